The second-order valence-corrected chi connectivity index (χ2v) is 7.71. The fraction of sp³-hybridized carbons (Fsp3) is 0.273. The topological polar surface area (TPSA) is 103 Å². The molecule has 1 aliphatic rings. The zero-order valence-electron chi connectivity index (χ0n) is 17.2. The van der Waals surface area contributed by atoms with E-state index in [1.54, 1.807) is 18.5 Å². The lowest BCUT2D eigenvalue weighted by molar-refractivity contribution is 0.0945. The highest BCUT2D eigenvalue weighted by atomic mass is 35.5. The van der Waals surface area contributed by atoms with Crippen LogP contribution < -0.4 is 15.5 Å². The lowest BCUT2D eigenvalue weighted by Gasteiger charge is -2.22. The number of hydrogen-bond donors (Lipinski definition) is 3. The van der Waals surface area contributed by atoms with E-state index in [9.17, 15) is 9.18 Å². The molecule has 1 fully saturated rings. The van der Waals surface area contributed by atoms with Crippen LogP contribution >= 0.6 is 11.6 Å². The summed E-state index contributed by atoms with van der Waals surface area (Å²) in [5, 5.41) is 15.2. The average molecular weight is 457 g/mol. The monoisotopic (exact) mass is 456 g/mol. The molecule has 1 aromatic carbocycles. The number of carbonyl (C=O) groups excluding carboxylic acids is 1. The second-order valence-electron chi connectivity index (χ2n) is 7.27. The van der Waals surface area contributed by atoms with E-state index in [0.717, 1.165) is 31.6 Å². The van der Waals surface area contributed by atoms with Crippen LogP contribution in [0.15, 0.2) is 42.9 Å². The van der Waals surface area contributed by atoms with Crippen LogP contribution in [0.5, 0.6) is 0 Å². The maximum atomic E-state index is 14.5. The number of amides is 1. The minimum absolute atomic E-state index is 0.123. The SMILES string of the molecule is O=C(NCCO)c1cnccc1Nc1nc(-c2cc(Cl)ccc2F)ncc1N1CCCC1. The number of pyridine rings is 1. The van der Waals surface area contributed by atoms with E-state index >= 15 is 0 Å². The van der Waals surface area contributed by atoms with Gasteiger partial charge in [-0.25, -0.2) is 14.4 Å². The molecule has 0 radical (unpaired) electrons. The van der Waals surface area contributed by atoms with Gasteiger partial charge < -0.3 is 20.6 Å². The van der Waals surface area contributed by atoms with Crippen molar-refractivity contribution in [2.75, 3.05) is 36.5 Å². The Hall–Kier alpha value is -3.30. The van der Waals surface area contributed by atoms with Gasteiger partial charge in [-0.3, -0.25) is 9.78 Å². The summed E-state index contributed by atoms with van der Waals surface area (Å²) < 4.78 is 14.5. The van der Waals surface area contributed by atoms with Crippen molar-refractivity contribution in [3.05, 3.63) is 59.3 Å². The minimum Gasteiger partial charge on any atom is -0.395 e. The van der Waals surface area contributed by atoms with Gasteiger partial charge in [0, 0.05) is 37.1 Å². The van der Waals surface area contributed by atoms with Gasteiger partial charge in [-0.05, 0) is 37.1 Å². The molecule has 1 aliphatic heterocycles. The molecule has 0 unspecified atom stereocenters. The van der Waals surface area contributed by atoms with E-state index in [4.69, 9.17) is 16.7 Å². The summed E-state index contributed by atoms with van der Waals surface area (Å²) in [6.45, 7) is 1.65. The predicted octanol–water partition coefficient (Wildman–Crippen LogP) is 3.40. The quantitative estimate of drug-likeness (QED) is 0.500. The molecule has 4 rings (SSSR count). The molecule has 3 heterocycles. The lowest BCUT2D eigenvalue weighted by Crippen LogP contribution is -2.27. The third-order valence-electron chi connectivity index (χ3n) is 5.10. The molecule has 10 heteroatoms. The standard InChI is InChI=1S/C22H22ClFN6O2/c23-14-3-4-17(24)15(11-14)20-27-13-19(30-8-1-2-9-30)21(29-20)28-18-5-6-25-12-16(18)22(32)26-7-10-31/h3-6,11-13,31H,1-2,7-10H2,(H,26,32)(H,25,27,28,29). The fourth-order valence-electron chi connectivity index (χ4n) is 3.53. The Bertz CT molecular complexity index is 1120. The summed E-state index contributed by atoms with van der Waals surface area (Å²) in [6.07, 6.45) is 6.74. The van der Waals surface area contributed by atoms with Crippen LogP contribution in [0, 0.1) is 5.82 Å². The van der Waals surface area contributed by atoms with Crippen molar-refractivity contribution in [3.63, 3.8) is 0 Å². The van der Waals surface area contributed by atoms with Gasteiger partial charge in [-0.15, -0.1) is 0 Å². The molecular weight excluding hydrogens is 435 g/mol. The van der Waals surface area contributed by atoms with Crippen LogP contribution in [-0.2, 0) is 0 Å². The number of carbonyl (C=O) groups is 1. The number of rotatable bonds is 7. The molecule has 3 N–H and O–H groups in total. The highest BCUT2D eigenvalue weighted by Gasteiger charge is 2.21. The zero-order valence-corrected chi connectivity index (χ0v) is 17.9. The van der Waals surface area contributed by atoms with Crippen LogP contribution in [-0.4, -0.2) is 52.2 Å². The summed E-state index contributed by atoms with van der Waals surface area (Å²) in [4.78, 5) is 27.7. The number of aromatic nitrogens is 3. The highest BCUT2D eigenvalue weighted by Crippen LogP contribution is 2.33. The van der Waals surface area contributed by atoms with Crippen LogP contribution in [0.3, 0.4) is 0 Å². The number of benzene rings is 1. The van der Waals surface area contributed by atoms with E-state index in [2.05, 4.69) is 30.5 Å². The number of nitrogens with zero attached hydrogens (tertiary/aromatic N) is 4. The molecule has 0 atom stereocenters. The fourth-order valence-corrected chi connectivity index (χ4v) is 3.70. The first-order chi connectivity index (χ1) is 15.6. The molecule has 8 nitrogen and oxygen atoms in total. The minimum atomic E-state index is -0.484. The molecule has 0 bridgehead atoms. The van der Waals surface area contributed by atoms with Crippen molar-refractivity contribution in [2.45, 2.75) is 12.8 Å². The Morgan fingerprint density at radius 3 is 2.81 bits per heavy atom. The number of nitrogens with one attached hydrogen (secondary N) is 2. The van der Waals surface area contributed by atoms with E-state index in [0.29, 0.717) is 22.1 Å². The summed E-state index contributed by atoms with van der Waals surface area (Å²) in [6, 6.07) is 5.87. The van der Waals surface area contributed by atoms with Crippen LogP contribution in [0.1, 0.15) is 23.2 Å². The van der Waals surface area contributed by atoms with Gasteiger partial charge in [-0.2, -0.15) is 0 Å². The molecule has 2 aromatic heterocycles. The smallest absolute Gasteiger partial charge is 0.255 e. The van der Waals surface area contributed by atoms with Crippen molar-refractivity contribution in [1.82, 2.24) is 20.3 Å². The maximum absolute atomic E-state index is 14.5. The maximum Gasteiger partial charge on any atom is 0.255 e. The Morgan fingerprint density at radius 1 is 1.22 bits per heavy atom. The predicted molar refractivity (Wildman–Crippen MR) is 121 cm³/mol. The molecule has 166 valence electrons. The first-order valence-electron chi connectivity index (χ1n) is 10.2. The van der Waals surface area contributed by atoms with E-state index < -0.39 is 5.82 Å². The summed E-state index contributed by atoms with van der Waals surface area (Å²) in [7, 11) is 0. The summed E-state index contributed by atoms with van der Waals surface area (Å²) in [5.74, 6) is -0.246. The van der Waals surface area contributed by atoms with Gasteiger partial charge in [0.15, 0.2) is 11.6 Å². The number of aliphatic hydroxyl groups excluding tert-OH is 1. The number of aliphatic hydroxyl groups is 1. The van der Waals surface area contributed by atoms with Gasteiger partial charge in [0.2, 0.25) is 0 Å². The molecule has 0 spiro atoms. The second kappa shape index (κ2) is 9.88. The van der Waals surface area contributed by atoms with Crippen LogP contribution in [0.4, 0.5) is 21.6 Å². The van der Waals surface area contributed by atoms with Crippen LogP contribution in [0.25, 0.3) is 11.4 Å². The first kappa shape index (κ1) is 21.9. The summed E-state index contributed by atoms with van der Waals surface area (Å²) in [5.41, 5.74) is 1.71. The Morgan fingerprint density at radius 2 is 2.03 bits per heavy atom. The Balaban J connectivity index is 1.75. The van der Waals surface area contributed by atoms with Crippen molar-refractivity contribution < 1.29 is 14.3 Å². The molecule has 1 saturated heterocycles. The van der Waals surface area contributed by atoms with Gasteiger partial charge in [0.05, 0.1) is 35.3 Å². The molecule has 0 aliphatic carbocycles. The molecule has 0 saturated carbocycles. The van der Waals surface area contributed by atoms with E-state index in [1.165, 1.54) is 24.4 Å². The molecule has 32 heavy (non-hydrogen) atoms. The Labute approximate surface area is 189 Å². The third-order valence-corrected chi connectivity index (χ3v) is 5.34. The highest BCUT2D eigenvalue weighted by molar-refractivity contribution is 6.30. The van der Waals surface area contributed by atoms with Gasteiger partial charge in [0.1, 0.15) is 5.82 Å². The van der Waals surface area contributed by atoms with E-state index in [-0.39, 0.29) is 30.4 Å². The van der Waals surface area contributed by atoms with Gasteiger partial charge in [0.25, 0.3) is 5.91 Å². The lowest BCUT2D eigenvalue weighted by atomic mass is 10.2. The number of anilines is 3. The normalized spacial score (nSPS) is 13.3. The zero-order chi connectivity index (χ0) is 22.5. The first-order valence-corrected chi connectivity index (χ1v) is 10.6. The molecular formula is C22H22ClFN6O2. The van der Waals surface area contributed by atoms with Crippen LogP contribution in [0.2, 0.25) is 5.02 Å². The van der Waals surface area contributed by atoms with E-state index in [1.807, 2.05) is 0 Å². The number of halogens is 2. The molecule has 1 amide bonds. The van der Waals surface area contributed by atoms with Crippen molar-refractivity contribution in [3.8, 4) is 11.4 Å². The Kier molecular flexibility index (Phi) is 6.77. The molecule has 3 aromatic rings. The number of hydrogen-bond acceptors (Lipinski definition) is 7. The summed E-state index contributed by atoms with van der Waals surface area (Å²) >= 11 is 6.05. The van der Waals surface area contributed by atoms with Crippen molar-refractivity contribution >= 4 is 34.7 Å². The van der Waals surface area contributed by atoms with Gasteiger partial charge >= 0.3 is 0 Å². The average Bonchev–Trinajstić information content (AvgIpc) is 3.34. The largest absolute Gasteiger partial charge is 0.395 e. The van der Waals surface area contributed by atoms with Crippen molar-refractivity contribution in [2.24, 2.45) is 0 Å². The van der Waals surface area contributed by atoms with Crippen molar-refractivity contribution in [1.29, 1.82) is 0 Å². The van der Waals surface area contributed by atoms with Gasteiger partial charge in [-0.1, -0.05) is 11.6 Å². The third kappa shape index (κ3) is 4.79.